The molecular formula is C15H18N2S. The maximum absolute atomic E-state index is 4.47. The Labute approximate surface area is 113 Å². The molecule has 2 heterocycles. The van der Waals surface area contributed by atoms with Gasteiger partial charge in [-0.1, -0.05) is 12.1 Å². The van der Waals surface area contributed by atoms with E-state index >= 15 is 0 Å². The first-order valence-electron chi connectivity index (χ1n) is 6.85. The molecule has 2 N–H and O–H groups in total. The van der Waals surface area contributed by atoms with E-state index < -0.39 is 0 Å². The second-order valence-corrected chi connectivity index (χ2v) is 5.84. The molecule has 0 radical (unpaired) electrons. The molecule has 2 atom stereocenters. The van der Waals surface area contributed by atoms with Gasteiger partial charge in [-0.25, -0.2) is 0 Å². The van der Waals surface area contributed by atoms with Crippen molar-refractivity contribution in [1.82, 2.24) is 10.3 Å². The SMILES string of the molecule is SCc1[nH]c2cccc3c2c1C[C@H]1NCCCC31. The molecular weight excluding hydrogens is 240 g/mol. The van der Waals surface area contributed by atoms with E-state index in [4.69, 9.17) is 0 Å². The average molecular weight is 258 g/mol. The summed E-state index contributed by atoms with van der Waals surface area (Å²) in [7, 11) is 0. The Morgan fingerprint density at radius 1 is 1.33 bits per heavy atom. The number of thiol groups is 1. The summed E-state index contributed by atoms with van der Waals surface area (Å²) in [6.45, 7) is 1.17. The predicted octanol–water partition coefficient (Wildman–Crippen LogP) is 2.99. The van der Waals surface area contributed by atoms with E-state index in [2.05, 4.69) is 41.1 Å². The maximum Gasteiger partial charge on any atom is 0.0462 e. The second-order valence-electron chi connectivity index (χ2n) is 5.52. The molecule has 3 heteroatoms. The summed E-state index contributed by atoms with van der Waals surface area (Å²) in [5, 5.41) is 5.20. The van der Waals surface area contributed by atoms with Gasteiger partial charge in [0, 0.05) is 34.3 Å². The molecule has 1 fully saturated rings. The average Bonchev–Trinajstić information content (AvgIpc) is 2.79. The van der Waals surface area contributed by atoms with Crippen LogP contribution < -0.4 is 5.32 Å². The van der Waals surface area contributed by atoms with Crippen molar-refractivity contribution in [3.8, 4) is 0 Å². The van der Waals surface area contributed by atoms with Gasteiger partial charge in [0.1, 0.15) is 0 Å². The summed E-state index contributed by atoms with van der Waals surface area (Å²) >= 11 is 4.47. The van der Waals surface area contributed by atoms with Gasteiger partial charge in [0.15, 0.2) is 0 Å². The van der Waals surface area contributed by atoms with Crippen LogP contribution in [0.3, 0.4) is 0 Å². The number of hydrogen-bond donors (Lipinski definition) is 3. The van der Waals surface area contributed by atoms with Crippen molar-refractivity contribution in [2.24, 2.45) is 0 Å². The highest BCUT2D eigenvalue weighted by atomic mass is 32.1. The molecule has 4 rings (SSSR count). The van der Waals surface area contributed by atoms with Crippen LogP contribution in [-0.2, 0) is 12.2 Å². The van der Waals surface area contributed by atoms with Crippen LogP contribution in [0.5, 0.6) is 0 Å². The molecule has 1 unspecified atom stereocenters. The zero-order valence-electron chi connectivity index (χ0n) is 10.4. The Morgan fingerprint density at radius 2 is 2.28 bits per heavy atom. The van der Waals surface area contributed by atoms with E-state index in [0.29, 0.717) is 12.0 Å². The minimum atomic E-state index is 0.631. The van der Waals surface area contributed by atoms with E-state index in [1.165, 1.54) is 41.5 Å². The van der Waals surface area contributed by atoms with Crippen LogP contribution >= 0.6 is 12.6 Å². The third-order valence-electron chi connectivity index (χ3n) is 4.61. The minimum Gasteiger partial charge on any atom is -0.357 e. The van der Waals surface area contributed by atoms with E-state index in [1.807, 2.05) is 0 Å². The van der Waals surface area contributed by atoms with E-state index in [-0.39, 0.29) is 0 Å². The van der Waals surface area contributed by atoms with Crippen LogP contribution in [-0.4, -0.2) is 17.6 Å². The van der Waals surface area contributed by atoms with Gasteiger partial charge in [0.25, 0.3) is 0 Å². The molecule has 0 amide bonds. The first-order valence-corrected chi connectivity index (χ1v) is 7.48. The number of piperidine rings is 1. The molecule has 18 heavy (non-hydrogen) atoms. The first-order chi connectivity index (χ1) is 8.88. The molecule has 0 saturated carbocycles. The lowest BCUT2D eigenvalue weighted by atomic mass is 9.75. The fourth-order valence-corrected chi connectivity index (χ4v) is 4.10. The van der Waals surface area contributed by atoms with Crippen LogP contribution in [0, 0.1) is 0 Å². The highest BCUT2D eigenvalue weighted by Crippen LogP contribution is 2.42. The van der Waals surface area contributed by atoms with Gasteiger partial charge >= 0.3 is 0 Å². The Bertz CT molecular complexity index is 602. The summed E-state index contributed by atoms with van der Waals surface area (Å²) in [4.78, 5) is 3.55. The highest BCUT2D eigenvalue weighted by Gasteiger charge is 2.33. The number of aromatic nitrogens is 1. The van der Waals surface area contributed by atoms with Gasteiger partial charge in [-0.3, -0.25) is 0 Å². The Hall–Kier alpha value is -0.930. The zero-order valence-corrected chi connectivity index (χ0v) is 11.3. The largest absolute Gasteiger partial charge is 0.357 e. The number of hydrogen-bond acceptors (Lipinski definition) is 2. The molecule has 2 aliphatic rings. The minimum absolute atomic E-state index is 0.631. The Morgan fingerprint density at radius 3 is 3.17 bits per heavy atom. The normalized spacial score (nSPS) is 26.3. The maximum atomic E-state index is 4.47. The predicted molar refractivity (Wildman–Crippen MR) is 78.5 cm³/mol. The van der Waals surface area contributed by atoms with Gasteiger partial charge < -0.3 is 10.3 Å². The molecule has 1 aliphatic heterocycles. The molecule has 1 aromatic heterocycles. The summed E-state index contributed by atoms with van der Waals surface area (Å²) in [6.07, 6.45) is 3.80. The van der Waals surface area contributed by atoms with E-state index in [0.717, 1.165) is 12.2 Å². The number of nitrogens with one attached hydrogen (secondary N) is 2. The summed E-state index contributed by atoms with van der Waals surface area (Å²) < 4.78 is 0. The fraction of sp³-hybridized carbons (Fsp3) is 0.467. The lowest BCUT2D eigenvalue weighted by Gasteiger charge is -2.37. The van der Waals surface area contributed by atoms with E-state index in [9.17, 15) is 0 Å². The standard InChI is InChI=1S/C15H18N2S/c18-8-14-11-7-13-9(4-2-6-16-13)10-3-1-5-12(17-14)15(10)11/h1,3,5,9,13,16-18H,2,4,6-8H2/t9?,13-/m1/s1. The number of aromatic amines is 1. The smallest absolute Gasteiger partial charge is 0.0462 e. The van der Waals surface area contributed by atoms with Crippen molar-refractivity contribution in [1.29, 1.82) is 0 Å². The molecule has 1 saturated heterocycles. The van der Waals surface area contributed by atoms with Crippen molar-refractivity contribution in [3.05, 3.63) is 35.0 Å². The molecule has 1 aliphatic carbocycles. The fourth-order valence-electron chi connectivity index (χ4n) is 3.83. The van der Waals surface area contributed by atoms with E-state index in [1.54, 1.807) is 5.56 Å². The third kappa shape index (κ3) is 1.41. The monoisotopic (exact) mass is 258 g/mol. The summed E-state index contributed by atoms with van der Waals surface area (Å²) in [5.41, 5.74) is 5.67. The van der Waals surface area contributed by atoms with Crippen molar-refractivity contribution in [2.75, 3.05) is 6.54 Å². The molecule has 2 nitrogen and oxygen atoms in total. The molecule has 94 valence electrons. The van der Waals surface area contributed by atoms with Crippen LogP contribution in [0.2, 0.25) is 0 Å². The van der Waals surface area contributed by atoms with Gasteiger partial charge in [-0.15, -0.1) is 0 Å². The zero-order chi connectivity index (χ0) is 12.1. The van der Waals surface area contributed by atoms with Gasteiger partial charge in [-0.05, 0) is 43.0 Å². The quantitative estimate of drug-likeness (QED) is 0.674. The van der Waals surface area contributed by atoms with Crippen LogP contribution in [0.15, 0.2) is 18.2 Å². The lowest BCUT2D eigenvalue weighted by molar-refractivity contribution is 0.345. The van der Waals surface area contributed by atoms with Crippen molar-refractivity contribution >= 4 is 23.5 Å². The lowest BCUT2D eigenvalue weighted by Crippen LogP contribution is -2.43. The molecule has 2 aromatic rings. The Balaban J connectivity index is 1.98. The number of H-pyrrole nitrogens is 1. The summed E-state index contributed by atoms with van der Waals surface area (Å²) in [5.74, 6) is 1.51. The topological polar surface area (TPSA) is 27.8 Å². The Kier molecular flexibility index (Phi) is 2.45. The van der Waals surface area contributed by atoms with Gasteiger partial charge in [0.2, 0.25) is 0 Å². The van der Waals surface area contributed by atoms with Crippen LogP contribution in [0.4, 0.5) is 0 Å². The summed E-state index contributed by atoms with van der Waals surface area (Å²) in [6, 6.07) is 7.35. The highest BCUT2D eigenvalue weighted by molar-refractivity contribution is 7.79. The van der Waals surface area contributed by atoms with Crippen molar-refractivity contribution < 1.29 is 0 Å². The van der Waals surface area contributed by atoms with Gasteiger partial charge in [0.05, 0.1) is 0 Å². The van der Waals surface area contributed by atoms with Gasteiger partial charge in [-0.2, -0.15) is 12.6 Å². The number of benzene rings is 1. The number of rotatable bonds is 1. The molecule has 0 bridgehead atoms. The van der Waals surface area contributed by atoms with Crippen molar-refractivity contribution in [3.63, 3.8) is 0 Å². The second kappa shape index (κ2) is 4.04. The van der Waals surface area contributed by atoms with Crippen molar-refractivity contribution in [2.45, 2.75) is 37.0 Å². The number of fused-ring (bicyclic) bond motifs is 2. The van der Waals surface area contributed by atoms with Crippen LogP contribution in [0.25, 0.3) is 10.9 Å². The molecule has 1 aromatic carbocycles. The molecule has 0 spiro atoms. The third-order valence-corrected chi connectivity index (χ3v) is 4.93. The van der Waals surface area contributed by atoms with Crippen LogP contribution in [0.1, 0.15) is 35.6 Å². The first kappa shape index (κ1) is 10.9.